The van der Waals surface area contributed by atoms with Gasteiger partial charge in [-0.2, -0.15) is 0 Å². The van der Waals surface area contributed by atoms with Gasteiger partial charge in [-0.25, -0.2) is 0 Å². The van der Waals surface area contributed by atoms with Gasteiger partial charge < -0.3 is 0 Å². The number of ketones is 2. The zero-order valence-electron chi connectivity index (χ0n) is 12.4. The van der Waals surface area contributed by atoms with E-state index in [0.717, 1.165) is 12.8 Å². The molecule has 110 valence electrons. The predicted octanol–water partition coefficient (Wildman–Crippen LogP) is 4.74. The summed E-state index contributed by atoms with van der Waals surface area (Å²) in [5.74, 6) is 0.577. The molecular weight excluding hydrogens is 284 g/mol. The Bertz CT molecular complexity index is 638. The Morgan fingerprint density at radius 1 is 1.14 bits per heavy atom. The lowest BCUT2D eigenvalue weighted by Gasteiger charge is -2.18. The van der Waals surface area contributed by atoms with Gasteiger partial charge in [-0.05, 0) is 33.1 Å². The van der Waals surface area contributed by atoms with Gasteiger partial charge in [-0.3, -0.25) is 9.59 Å². The number of carbonyl (C=O) groups is 2. The Morgan fingerprint density at radius 3 is 2.38 bits per heavy atom. The van der Waals surface area contributed by atoms with Crippen molar-refractivity contribution in [2.24, 2.45) is 0 Å². The van der Waals surface area contributed by atoms with Gasteiger partial charge >= 0.3 is 0 Å². The summed E-state index contributed by atoms with van der Waals surface area (Å²) in [4.78, 5) is 24.9. The van der Waals surface area contributed by atoms with E-state index < -0.39 is 0 Å². The summed E-state index contributed by atoms with van der Waals surface area (Å²) < 4.78 is 0. The molecule has 0 radical (unpaired) electrons. The monoisotopic (exact) mass is 302 g/mol. The van der Waals surface area contributed by atoms with Crippen LogP contribution >= 0.6 is 11.6 Å². The number of hydrogen-bond acceptors (Lipinski definition) is 2. The van der Waals surface area contributed by atoms with Gasteiger partial charge in [0.05, 0.1) is 0 Å². The molecule has 0 aliphatic heterocycles. The highest BCUT2D eigenvalue weighted by Gasteiger charge is 2.28. The Labute approximate surface area is 130 Å². The first kappa shape index (κ1) is 15.7. The summed E-state index contributed by atoms with van der Waals surface area (Å²) in [6.45, 7) is 3.78. The smallest absolute Gasteiger partial charge is 0.190 e. The van der Waals surface area contributed by atoms with Crippen molar-refractivity contribution in [3.63, 3.8) is 0 Å². The molecule has 0 bridgehead atoms. The number of Topliss-reactive ketones (excluding diaryl/α,β-unsaturated/α-hetero) is 2. The minimum atomic E-state index is -0.0352. The Kier molecular flexibility index (Phi) is 5.13. The molecule has 2 nitrogen and oxygen atoms in total. The van der Waals surface area contributed by atoms with Crippen LogP contribution in [0.2, 0.25) is 0 Å². The zero-order valence-corrected chi connectivity index (χ0v) is 13.2. The fourth-order valence-electron chi connectivity index (χ4n) is 2.52. The first-order valence-electron chi connectivity index (χ1n) is 7.16. The van der Waals surface area contributed by atoms with Crippen molar-refractivity contribution < 1.29 is 9.59 Å². The molecule has 0 atom stereocenters. The van der Waals surface area contributed by atoms with Gasteiger partial charge in [0, 0.05) is 28.2 Å². The van der Waals surface area contributed by atoms with E-state index in [2.05, 4.69) is 0 Å². The maximum absolute atomic E-state index is 12.5. The lowest BCUT2D eigenvalue weighted by molar-refractivity contribution is 0.0973. The van der Waals surface area contributed by atoms with Crippen molar-refractivity contribution >= 4 is 23.2 Å². The summed E-state index contributed by atoms with van der Waals surface area (Å²) in [5, 5.41) is 0. The number of hydrogen-bond donors (Lipinski definition) is 0. The van der Waals surface area contributed by atoms with Crippen molar-refractivity contribution in [2.75, 3.05) is 5.88 Å². The molecule has 1 aromatic carbocycles. The maximum atomic E-state index is 12.5. The molecule has 0 aromatic heterocycles. The lowest BCUT2D eigenvalue weighted by Crippen LogP contribution is -2.20. The van der Waals surface area contributed by atoms with Gasteiger partial charge in [0.15, 0.2) is 11.6 Å². The molecule has 1 aliphatic rings. The van der Waals surface area contributed by atoms with Crippen molar-refractivity contribution in [1.29, 1.82) is 0 Å². The van der Waals surface area contributed by atoms with E-state index in [4.69, 9.17) is 11.6 Å². The third-order valence-electron chi connectivity index (χ3n) is 3.84. The highest BCUT2D eigenvalue weighted by molar-refractivity contribution is 6.26. The molecular formula is C18H19ClO2. The molecule has 1 aromatic rings. The van der Waals surface area contributed by atoms with Crippen LogP contribution in [0.25, 0.3) is 0 Å². The number of benzene rings is 1. The first-order chi connectivity index (χ1) is 10.1. The van der Waals surface area contributed by atoms with Gasteiger partial charge in [0.1, 0.15) is 0 Å². The van der Waals surface area contributed by atoms with Crippen LogP contribution in [0.3, 0.4) is 0 Å². The number of rotatable bonds is 5. The Morgan fingerprint density at radius 2 is 1.76 bits per heavy atom. The number of alkyl halides is 1. The van der Waals surface area contributed by atoms with Crippen molar-refractivity contribution in [2.45, 2.75) is 33.1 Å². The molecule has 0 spiro atoms. The van der Waals surface area contributed by atoms with E-state index in [-0.39, 0.29) is 11.6 Å². The molecule has 0 fully saturated rings. The van der Waals surface area contributed by atoms with Crippen LogP contribution in [0.15, 0.2) is 47.1 Å². The van der Waals surface area contributed by atoms with Crippen molar-refractivity contribution in [1.82, 2.24) is 0 Å². The Balaban J connectivity index is 2.26. The summed E-state index contributed by atoms with van der Waals surface area (Å²) in [6, 6.07) is 7.03. The maximum Gasteiger partial charge on any atom is 0.190 e. The van der Waals surface area contributed by atoms with E-state index in [1.54, 1.807) is 31.2 Å². The minimum Gasteiger partial charge on any atom is -0.289 e. The second kappa shape index (κ2) is 6.86. The predicted molar refractivity (Wildman–Crippen MR) is 86.1 cm³/mol. The van der Waals surface area contributed by atoms with E-state index in [9.17, 15) is 9.59 Å². The number of fused-ring (bicyclic) bond motifs is 1. The van der Waals surface area contributed by atoms with Crippen LogP contribution in [0.4, 0.5) is 0 Å². The SMILES string of the molecule is CC1=C(C/C=C(\C)CCCCl)C(=O)c2ccccc2C1=O. The fourth-order valence-corrected chi connectivity index (χ4v) is 2.65. The average Bonchev–Trinajstić information content (AvgIpc) is 2.50. The van der Waals surface area contributed by atoms with Crippen LogP contribution in [-0.2, 0) is 0 Å². The van der Waals surface area contributed by atoms with Crippen LogP contribution in [-0.4, -0.2) is 17.4 Å². The second-order valence-corrected chi connectivity index (χ2v) is 5.73. The standard InChI is InChI=1S/C18H19ClO2/c1-12(6-5-11-19)9-10-14-13(2)17(20)15-7-3-4-8-16(15)18(14)21/h3-4,7-9H,5-6,10-11H2,1-2H3/b12-9+. The Hall–Kier alpha value is -1.67. The van der Waals surface area contributed by atoms with E-state index in [1.165, 1.54) is 5.57 Å². The fraction of sp³-hybridized carbons (Fsp3) is 0.333. The second-order valence-electron chi connectivity index (χ2n) is 5.35. The van der Waals surface area contributed by atoms with Gasteiger partial charge in [0.25, 0.3) is 0 Å². The van der Waals surface area contributed by atoms with Gasteiger partial charge in [-0.15, -0.1) is 11.6 Å². The molecule has 3 heteroatoms. The normalized spacial score (nSPS) is 15.5. The number of allylic oxidation sites excluding steroid dienone is 4. The van der Waals surface area contributed by atoms with Crippen LogP contribution in [0.1, 0.15) is 53.8 Å². The van der Waals surface area contributed by atoms with E-state index >= 15 is 0 Å². The molecule has 0 heterocycles. The van der Waals surface area contributed by atoms with Crippen LogP contribution in [0, 0.1) is 0 Å². The lowest BCUT2D eigenvalue weighted by atomic mass is 9.83. The van der Waals surface area contributed by atoms with Crippen LogP contribution < -0.4 is 0 Å². The largest absolute Gasteiger partial charge is 0.289 e. The third-order valence-corrected chi connectivity index (χ3v) is 4.11. The zero-order chi connectivity index (χ0) is 15.4. The third kappa shape index (κ3) is 3.33. The summed E-state index contributed by atoms with van der Waals surface area (Å²) >= 11 is 5.68. The van der Waals surface area contributed by atoms with Gasteiger partial charge in [-0.1, -0.05) is 35.9 Å². The molecule has 0 saturated heterocycles. The molecule has 21 heavy (non-hydrogen) atoms. The highest BCUT2D eigenvalue weighted by Crippen LogP contribution is 2.28. The first-order valence-corrected chi connectivity index (χ1v) is 7.69. The molecule has 0 unspecified atom stereocenters. The molecule has 1 aliphatic carbocycles. The quantitative estimate of drug-likeness (QED) is 0.581. The number of halogens is 1. The highest BCUT2D eigenvalue weighted by atomic mass is 35.5. The van der Waals surface area contributed by atoms with E-state index in [1.807, 2.05) is 13.0 Å². The van der Waals surface area contributed by atoms with Crippen molar-refractivity contribution in [3.05, 3.63) is 58.2 Å². The van der Waals surface area contributed by atoms with E-state index in [0.29, 0.717) is 34.6 Å². The van der Waals surface area contributed by atoms with Crippen LogP contribution in [0.5, 0.6) is 0 Å². The molecule has 2 rings (SSSR count). The average molecular weight is 303 g/mol. The summed E-state index contributed by atoms with van der Waals surface area (Å²) in [6.07, 6.45) is 4.40. The van der Waals surface area contributed by atoms with Crippen molar-refractivity contribution in [3.8, 4) is 0 Å². The topological polar surface area (TPSA) is 34.1 Å². The van der Waals surface area contributed by atoms with Gasteiger partial charge in [0.2, 0.25) is 0 Å². The molecule has 0 N–H and O–H groups in total. The molecule has 0 saturated carbocycles. The molecule has 0 amide bonds. The number of carbonyl (C=O) groups excluding carboxylic acids is 2. The summed E-state index contributed by atoms with van der Waals surface area (Å²) in [5.41, 5.74) is 3.43. The minimum absolute atomic E-state index is 0.0240. The summed E-state index contributed by atoms with van der Waals surface area (Å²) in [7, 11) is 0.